The summed E-state index contributed by atoms with van der Waals surface area (Å²) in [6, 6.07) is 0. The maximum Gasteiger partial charge on any atom is 0.606 e. The molecule has 0 fully saturated rings. The summed E-state index contributed by atoms with van der Waals surface area (Å²) in [4.78, 5) is 0. The average molecular weight is 891 g/mol. The second-order valence-corrected chi connectivity index (χ2v) is 65.3. The summed E-state index contributed by atoms with van der Waals surface area (Å²) in [5.74, 6) is 0. The van der Waals surface area contributed by atoms with Crippen molar-refractivity contribution in [1.29, 1.82) is 0 Å². The fourth-order valence-electron chi connectivity index (χ4n) is 2.73. The number of phosphoric acid groups is 1. The van der Waals surface area contributed by atoms with Crippen LogP contribution in [0.2, 0.25) is 177 Å². The molecule has 0 rings (SSSR count). The fourth-order valence-corrected chi connectivity index (χ4v) is 21.4. The van der Waals surface area contributed by atoms with Crippen LogP contribution in [0.3, 0.4) is 0 Å². The Morgan fingerprint density at radius 3 is 0.633 bits per heavy atom. The summed E-state index contributed by atoms with van der Waals surface area (Å²) in [5.41, 5.74) is 0. The molecule has 0 aromatic heterocycles. The Kier molecular flexibility index (Phi) is 23.3. The van der Waals surface area contributed by atoms with E-state index in [-0.39, 0.29) is 0 Å². The quantitative estimate of drug-likeness (QED) is 0.0977. The Balaban J connectivity index is -0.000000648. The first-order valence-corrected chi connectivity index (χ1v) is 50.6. The Hall–Kier alpha value is 2.32. The van der Waals surface area contributed by atoms with Crippen LogP contribution in [0.5, 0.6) is 0 Å². The zero-order valence-corrected chi connectivity index (χ0v) is 47.8. The van der Waals surface area contributed by atoms with E-state index in [0.29, 0.717) is 0 Å². The van der Waals surface area contributed by atoms with Crippen molar-refractivity contribution in [3.63, 3.8) is 0 Å². The van der Waals surface area contributed by atoms with Gasteiger partial charge < -0.3 is 38.3 Å². The molecule has 0 amide bonds. The summed E-state index contributed by atoms with van der Waals surface area (Å²) >= 11 is 0. The van der Waals surface area contributed by atoms with Crippen molar-refractivity contribution >= 4 is 98.6 Å². The predicted molar refractivity (Wildman–Crippen MR) is 240 cm³/mol. The molecule has 0 N–H and O–H groups in total. The Bertz CT molecular complexity index is 816. The zero-order valence-electron chi connectivity index (χ0n) is 37.1. The van der Waals surface area contributed by atoms with Gasteiger partial charge in [0.25, 0.3) is 8.60 Å². The van der Waals surface area contributed by atoms with Crippen molar-refractivity contribution in [1.82, 2.24) is 0 Å². The average Bonchev–Trinajstić information content (AvgIpc) is 2.53. The van der Waals surface area contributed by atoms with Gasteiger partial charge in [-0.25, -0.2) is 4.57 Å². The molecule has 0 heterocycles. The van der Waals surface area contributed by atoms with Crippen molar-refractivity contribution in [3.05, 3.63) is 0 Å². The Morgan fingerprint density at radius 1 is 0.327 bits per heavy atom. The minimum absolute atomic E-state index is 0.454. The molecule has 0 spiro atoms. The van der Waals surface area contributed by atoms with Gasteiger partial charge in [0.2, 0.25) is 0 Å². The first-order chi connectivity index (χ1) is 20.7. The highest BCUT2D eigenvalue weighted by Crippen LogP contribution is 2.55. The van der Waals surface area contributed by atoms with Crippen LogP contribution in [0.15, 0.2) is 0 Å². The van der Waals surface area contributed by atoms with E-state index in [1.807, 2.05) is 58.9 Å². The predicted octanol–water partition coefficient (Wildman–Crippen LogP) is 12.9. The number of rotatable bonds is 18. The summed E-state index contributed by atoms with van der Waals surface area (Å²) in [6.07, 6.45) is 0. The molecule has 298 valence electrons. The molecule has 0 aliphatic carbocycles. The van der Waals surface area contributed by atoms with Crippen molar-refractivity contribution in [2.45, 2.75) is 177 Å². The second-order valence-electron chi connectivity index (χ2n) is 20.9. The van der Waals surface area contributed by atoms with E-state index in [1.165, 1.54) is 0 Å². The summed E-state index contributed by atoms with van der Waals surface area (Å²) in [5, 5.41) is 0. The molecule has 0 aromatic rings. The lowest BCUT2D eigenvalue weighted by Crippen LogP contribution is -2.49. The summed E-state index contributed by atoms with van der Waals surface area (Å²) in [6.45, 7) is 56.8. The summed E-state index contributed by atoms with van der Waals surface area (Å²) in [7, 11) is -20.5. The highest BCUT2D eigenvalue weighted by molar-refractivity contribution is 7.53. The van der Waals surface area contributed by atoms with Gasteiger partial charge in [-0.05, 0) is 177 Å². The Morgan fingerprint density at radius 2 is 0.510 bits per heavy atom. The van der Waals surface area contributed by atoms with Crippen LogP contribution in [-0.2, 0) is 42.9 Å². The monoisotopic (exact) mass is 890 g/mol. The molecule has 0 aromatic carbocycles. The topological polar surface area (TPSA) is 100 Å². The molecule has 0 aliphatic rings. The molecule has 0 bridgehead atoms. The van der Waals surface area contributed by atoms with E-state index in [2.05, 4.69) is 118 Å². The van der Waals surface area contributed by atoms with Crippen molar-refractivity contribution in [3.8, 4) is 0 Å². The molecule has 49 heavy (non-hydrogen) atoms. The van der Waals surface area contributed by atoms with Crippen LogP contribution in [0.25, 0.3) is 0 Å². The van der Waals surface area contributed by atoms with Crippen LogP contribution in [0.4, 0.5) is 0 Å². The van der Waals surface area contributed by atoms with Gasteiger partial charge in [-0.2, -0.15) is 0 Å². The van der Waals surface area contributed by atoms with E-state index in [9.17, 15) is 4.57 Å². The van der Waals surface area contributed by atoms with E-state index in [1.54, 1.807) is 0 Å². The van der Waals surface area contributed by atoms with Crippen LogP contribution in [0.1, 0.15) is 0 Å². The van der Waals surface area contributed by atoms with Gasteiger partial charge in [0.15, 0.2) is 74.9 Å². The van der Waals surface area contributed by atoms with Crippen molar-refractivity contribution in [2.75, 3.05) is 0 Å². The van der Waals surface area contributed by atoms with E-state index < -0.39 is 98.6 Å². The molecular formula is C27H81BO10P2Si9. The largest absolute Gasteiger partial charge is 0.606 e. The maximum absolute atomic E-state index is 12.7. The number of hydrogen-bond donors (Lipinski definition) is 0. The molecule has 0 aliphatic heterocycles. The molecule has 22 heteroatoms. The lowest BCUT2D eigenvalue weighted by Gasteiger charge is -2.33. The van der Waals surface area contributed by atoms with Gasteiger partial charge in [0.05, 0.1) is 0 Å². The van der Waals surface area contributed by atoms with Gasteiger partial charge in [-0.15, -0.1) is 0 Å². The molecule has 10 nitrogen and oxygen atoms in total. The van der Waals surface area contributed by atoms with E-state index >= 15 is 0 Å². The highest BCUT2D eigenvalue weighted by Gasteiger charge is 2.41. The third kappa shape index (κ3) is 46.4. The maximum atomic E-state index is 12.7. The van der Waals surface area contributed by atoms with Crippen LogP contribution in [-0.4, -0.2) is 82.2 Å². The lowest BCUT2D eigenvalue weighted by molar-refractivity contribution is 0.292. The Labute approximate surface area is 316 Å². The normalized spacial score (nSPS) is 14.6. The van der Waals surface area contributed by atoms with Crippen molar-refractivity contribution in [2.24, 2.45) is 0 Å². The highest BCUT2D eigenvalue weighted by atomic mass is 31.2. The standard InChI is InChI=1S/C9H27BO3Si3.C9H27O4PSi3.C9H27O3PSi3/c1-14(2,3)11-10(12-15(4,5)6)13-16(7,8)9;1-15(2,3)11-14(10,12-16(4,5)6)13-17(7,8)9;1-14(2,3)10-13(11-15(4,5)6)12-16(7,8)9/h1-9H3;1-9H3;1-9H3. The molecule has 0 atom stereocenters. The van der Waals surface area contributed by atoms with Gasteiger partial charge in [0.1, 0.15) is 0 Å². The minimum atomic E-state index is -3.40. The first-order valence-electron chi connectivity index (χ1n) is 17.3. The van der Waals surface area contributed by atoms with Gasteiger partial charge in [-0.3, -0.25) is 0 Å². The first kappa shape index (κ1) is 55.7. The third-order valence-electron chi connectivity index (χ3n) is 3.55. The van der Waals surface area contributed by atoms with Gasteiger partial charge >= 0.3 is 15.1 Å². The number of hydrogen-bond acceptors (Lipinski definition) is 10. The third-order valence-corrected chi connectivity index (χ3v) is 23.9. The minimum Gasteiger partial charge on any atom is -0.430 e. The molecule has 0 unspecified atom stereocenters. The van der Waals surface area contributed by atoms with Crippen molar-refractivity contribution < 1.29 is 42.9 Å². The SMILES string of the molecule is C[Si](C)(C)OB(O[Si](C)(C)C)O[Si](C)(C)C.C[Si](C)(C)OP(=O)(O[Si](C)(C)C)O[Si](C)(C)C.C[Si](C)(C)OP(O[Si](C)(C)C)O[Si](C)(C)C. The fraction of sp³-hybridized carbons (Fsp3) is 1.00. The van der Waals surface area contributed by atoms with Gasteiger partial charge in [0, 0.05) is 0 Å². The second kappa shape index (κ2) is 20.5. The zero-order chi connectivity index (χ0) is 40.5. The molecular weight excluding hydrogens is 810 g/mol. The van der Waals surface area contributed by atoms with Crippen LogP contribution < -0.4 is 0 Å². The lowest BCUT2D eigenvalue weighted by atomic mass is 10.3. The van der Waals surface area contributed by atoms with Gasteiger partial charge in [-0.1, -0.05) is 0 Å². The van der Waals surface area contributed by atoms with Crippen LogP contribution >= 0.6 is 16.4 Å². The molecule has 0 saturated heterocycles. The molecule has 0 saturated carbocycles. The van der Waals surface area contributed by atoms with Crippen LogP contribution in [0, 0.1) is 0 Å². The van der Waals surface area contributed by atoms with E-state index in [0.717, 1.165) is 0 Å². The smallest absolute Gasteiger partial charge is 0.430 e. The van der Waals surface area contributed by atoms with E-state index in [4.69, 9.17) is 38.3 Å². The summed E-state index contributed by atoms with van der Waals surface area (Å²) < 4.78 is 65.7. The molecule has 0 radical (unpaired) electrons.